The molecule has 0 saturated heterocycles. The summed E-state index contributed by atoms with van der Waals surface area (Å²) in [5.41, 5.74) is 0.715. The van der Waals surface area contributed by atoms with E-state index in [-0.39, 0.29) is 28.5 Å². The molecule has 0 aliphatic rings. The van der Waals surface area contributed by atoms with Crippen molar-refractivity contribution in [1.82, 2.24) is 14.3 Å². The minimum absolute atomic E-state index is 0.0851. The van der Waals surface area contributed by atoms with Crippen molar-refractivity contribution in [1.29, 1.82) is 0 Å². The molecule has 0 atom stereocenters. The lowest BCUT2D eigenvalue weighted by molar-refractivity contribution is 0.0689. The van der Waals surface area contributed by atoms with E-state index in [9.17, 15) is 18.4 Å². The summed E-state index contributed by atoms with van der Waals surface area (Å²) >= 11 is 0.992. The molecule has 2 heterocycles. The van der Waals surface area contributed by atoms with Crippen LogP contribution < -0.4 is 10.6 Å². The molecule has 8 nitrogen and oxygen atoms in total. The number of nitrogens with one attached hydrogen (secondary N) is 2. The third-order valence-corrected chi connectivity index (χ3v) is 4.51. The van der Waals surface area contributed by atoms with Crippen LogP contribution in [0.4, 0.5) is 25.3 Å². The smallest absolute Gasteiger partial charge is 0.356 e. The summed E-state index contributed by atoms with van der Waals surface area (Å²) in [6.45, 7) is 3.11. The van der Waals surface area contributed by atoms with Gasteiger partial charge in [0.25, 0.3) is 5.91 Å². The minimum atomic E-state index is -1.20. The van der Waals surface area contributed by atoms with Gasteiger partial charge in [0.05, 0.1) is 23.1 Å². The summed E-state index contributed by atoms with van der Waals surface area (Å²) in [6, 6.07) is 3.01. The van der Waals surface area contributed by atoms with Gasteiger partial charge in [-0.2, -0.15) is 4.37 Å². The Morgan fingerprint density at radius 2 is 1.89 bits per heavy atom. The van der Waals surface area contributed by atoms with Gasteiger partial charge in [0, 0.05) is 11.8 Å². The second-order valence-corrected chi connectivity index (χ2v) is 6.45. The number of amides is 1. The molecule has 0 unspecified atom stereocenters. The van der Waals surface area contributed by atoms with Crippen LogP contribution in [-0.4, -0.2) is 31.3 Å². The van der Waals surface area contributed by atoms with Crippen molar-refractivity contribution in [2.75, 3.05) is 10.6 Å². The van der Waals surface area contributed by atoms with Crippen LogP contribution in [0.3, 0.4) is 0 Å². The summed E-state index contributed by atoms with van der Waals surface area (Å²) in [6.07, 6.45) is 1.22. The number of nitrogens with zero attached hydrogens (tertiary/aromatic N) is 3. The Morgan fingerprint density at radius 3 is 2.54 bits per heavy atom. The van der Waals surface area contributed by atoms with Crippen molar-refractivity contribution in [2.45, 2.75) is 13.8 Å². The number of anilines is 3. The summed E-state index contributed by atoms with van der Waals surface area (Å²) in [5.74, 6) is -3.65. The first-order valence-electron chi connectivity index (χ1n) is 7.83. The molecule has 0 radical (unpaired) electrons. The molecule has 3 rings (SSSR count). The predicted molar refractivity (Wildman–Crippen MR) is 98.2 cm³/mol. The number of aromatic nitrogens is 3. The van der Waals surface area contributed by atoms with Crippen LogP contribution in [0.25, 0.3) is 0 Å². The summed E-state index contributed by atoms with van der Waals surface area (Å²) in [4.78, 5) is 31.6. The second kappa shape index (κ2) is 7.64. The monoisotopic (exact) mass is 405 g/mol. The molecule has 3 aromatic rings. The molecule has 3 N–H and O–H groups in total. The molecule has 1 aromatic carbocycles. The lowest BCUT2D eigenvalue weighted by Gasteiger charge is -2.09. The highest BCUT2D eigenvalue weighted by atomic mass is 32.1. The van der Waals surface area contributed by atoms with E-state index in [1.54, 1.807) is 6.92 Å². The Hall–Kier alpha value is -3.47. The molecule has 144 valence electrons. The highest BCUT2D eigenvalue weighted by Gasteiger charge is 2.20. The third kappa shape index (κ3) is 3.93. The number of aryl methyl sites for hydroxylation is 2. The lowest BCUT2D eigenvalue weighted by Crippen LogP contribution is -2.14. The fourth-order valence-corrected chi connectivity index (χ4v) is 3.16. The van der Waals surface area contributed by atoms with Crippen molar-refractivity contribution >= 4 is 39.9 Å². The fourth-order valence-electron chi connectivity index (χ4n) is 2.36. The quantitative estimate of drug-likeness (QED) is 0.594. The number of hydrogen-bond acceptors (Lipinski definition) is 7. The highest BCUT2D eigenvalue weighted by Crippen LogP contribution is 2.28. The zero-order valence-electron chi connectivity index (χ0n) is 14.6. The van der Waals surface area contributed by atoms with Gasteiger partial charge >= 0.3 is 5.97 Å². The van der Waals surface area contributed by atoms with E-state index < -0.39 is 23.5 Å². The Morgan fingerprint density at radius 1 is 1.14 bits per heavy atom. The highest BCUT2D eigenvalue weighted by molar-refractivity contribution is 7.10. The first-order valence-corrected chi connectivity index (χ1v) is 8.60. The van der Waals surface area contributed by atoms with Crippen molar-refractivity contribution in [3.8, 4) is 0 Å². The average Bonchev–Trinajstić information content (AvgIpc) is 2.98. The standard InChI is InChI=1S/C17H13F2N5O3S/c1-7-13(15(25)22-9-3-4-10(18)11(19)5-9)16(28-24-7)23-12-6-20-14(17(26)27)8(2)21-12/h3-6H,1-2H3,(H,21,23)(H,22,25)(H,26,27). The van der Waals surface area contributed by atoms with E-state index in [0.717, 1.165) is 23.7 Å². The van der Waals surface area contributed by atoms with Crippen LogP contribution in [0, 0.1) is 25.5 Å². The van der Waals surface area contributed by atoms with Gasteiger partial charge in [0.1, 0.15) is 10.8 Å². The molecule has 0 bridgehead atoms. The van der Waals surface area contributed by atoms with Crippen molar-refractivity contribution in [3.05, 3.63) is 58.7 Å². The molecular formula is C17H13F2N5O3S. The largest absolute Gasteiger partial charge is 0.476 e. The van der Waals surface area contributed by atoms with Crippen LogP contribution in [-0.2, 0) is 0 Å². The van der Waals surface area contributed by atoms with Crippen LogP contribution in [0.2, 0.25) is 0 Å². The topological polar surface area (TPSA) is 117 Å². The maximum absolute atomic E-state index is 13.3. The predicted octanol–water partition coefficient (Wildman–Crippen LogP) is 3.52. The van der Waals surface area contributed by atoms with Crippen molar-refractivity contribution in [3.63, 3.8) is 0 Å². The Labute approximate surface area is 161 Å². The Balaban J connectivity index is 1.85. The van der Waals surface area contributed by atoms with Gasteiger partial charge in [-0.3, -0.25) is 4.79 Å². The molecule has 2 aromatic heterocycles. The number of carboxylic acids is 1. The molecule has 0 aliphatic heterocycles. The molecule has 28 heavy (non-hydrogen) atoms. The number of halogens is 2. The Bertz CT molecular complexity index is 1090. The van der Waals surface area contributed by atoms with Gasteiger partial charge < -0.3 is 15.7 Å². The van der Waals surface area contributed by atoms with Crippen LogP contribution in [0.5, 0.6) is 0 Å². The first-order chi connectivity index (χ1) is 13.3. The SMILES string of the molecule is Cc1nc(Nc2snc(C)c2C(=O)Nc2ccc(F)c(F)c2)cnc1C(=O)O. The number of hydrogen-bond donors (Lipinski definition) is 3. The van der Waals surface area contributed by atoms with E-state index in [0.29, 0.717) is 10.7 Å². The summed E-state index contributed by atoms with van der Waals surface area (Å²) in [5, 5.41) is 14.7. The summed E-state index contributed by atoms with van der Waals surface area (Å²) in [7, 11) is 0. The Kier molecular flexibility index (Phi) is 5.27. The minimum Gasteiger partial charge on any atom is -0.476 e. The molecule has 0 fully saturated rings. The maximum atomic E-state index is 13.3. The van der Waals surface area contributed by atoms with E-state index in [1.807, 2.05) is 0 Å². The van der Waals surface area contributed by atoms with E-state index >= 15 is 0 Å². The van der Waals surface area contributed by atoms with Gasteiger partial charge in [-0.1, -0.05) is 0 Å². The third-order valence-electron chi connectivity index (χ3n) is 3.66. The lowest BCUT2D eigenvalue weighted by atomic mass is 10.2. The van der Waals surface area contributed by atoms with Gasteiger partial charge in [-0.15, -0.1) is 0 Å². The molecule has 1 amide bonds. The zero-order chi connectivity index (χ0) is 20.4. The molecule has 0 aliphatic carbocycles. The van der Waals surface area contributed by atoms with E-state index in [1.165, 1.54) is 19.2 Å². The number of carbonyl (C=O) groups excluding carboxylic acids is 1. The molecule has 0 spiro atoms. The number of carboxylic acid groups (broad SMARTS) is 1. The van der Waals surface area contributed by atoms with Gasteiger partial charge in [-0.05, 0) is 37.5 Å². The van der Waals surface area contributed by atoms with Crippen LogP contribution in [0.1, 0.15) is 32.2 Å². The van der Waals surface area contributed by atoms with Crippen LogP contribution >= 0.6 is 11.5 Å². The van der Waals surface area contributed by atoms with Gasteiger partial charge in [0.15, 0.2) is 17.3 Å². The normalized spacial score (nSPS) is 10.6. The average molecular weight is 405 g/mol. The van der Waals surface area contributed by atoms with Crippen LogP contribution in [0.15, 0.2) is 24.4 Å². The number of benzene rings is 1. The van der Waals surface area contributed by atoms with Gasteiger partial charge in [0.2, 0.25) is 0 Å². The molecule has 11 heteroatoms. The maximum Gasteiger partial charge on any atom is 0.356 e. The summed E-state index contributed by atoms with van der Waals surface area (Å²) < 4.78 is 30.5. The molecule has 0 saturated carbocycles. The first kappa shape index (κ1) is 19.3. The van der Waals surface area contributed by atoms with E-state index in [4.69, 9.17) is 5.11 Å². The zero-order valence-corrected chi connectivity index (χ0v) is 15.4. The second-order valence-electron chi connectivity index (χ2n) is 5.67. The van der Waals surface area contributed by atoms with Crippen molar-refractivity contribution in [2.24, 2.45) is 0 Å². The number of rotatable bonds is 5. The number of carbonyl (C=O) groups is 2. The molecular weight excluding hydrogens is 392 g/mol. The van der Waals surface area contributed by atoms with E-state index in [2.05, 4.69) is 25.0 Å². The van der Waals surface area contributed by atoms with Gasteiger partial charge in [-0.25, -0.2) is 23.5 Å². The van der Waals surface area contributed by atoms with Crippen molar-refractivity contribution < 1.29 is 23.5 Å². The number of aromatic carboxylic acids is 1. The fraction of sp³-hybridized carbons (Fsp3) is 0.118.